The molecule has 178 valence electrons. The molecule has 4 amide bonds. The smallest absolute Gasteiger partial charge is 0.335 e. The van der Waals surface area contributed by atoms with Gasteiger partial charge in [0.15, 0.2) is 0 Å². The Morgan fingerprint density at radius 3 is 2.34 bits per heavy atom. The van der Waals surface area contributed by atoms with Crippen molar-refractivity contribution in [3.8, 4) is 5.75 Å². The van der Waals surface area contributed by atoms with E-state index in [1.54, 1.807) is 37.3 Å². The zero-order valence-corrected chi connectivity index (χ0v) is 20.7. The van der Waals surface area contributed by atoms with E-state index >= 15 is 0 Å². The number of amides is 4. The number of carbonyl (C=O) groups is 3. The molecule has 7 heteroatoms. The lowest BCUT2D eigenvalue weighted by atomic mass is 10.0. The molecule has 3 aromatic rings. The number of imide groups is 2. The zero-order valence-electron chi connectivity index (χ0n) is 19.9. The van der Waals surface area contributed by atoms with Crippen LogP contribution in [0.25, 0.3) is 6.08 Å². The second-order valence-corrected chi connectivity index (χ2v) is 9.05. The fourth-order valence-electron chi connectivity index (χ4n) is 3.88. The molecule has 0 aliphatic carbocycles. The van der Waals surface area contributed by atoms with Crippen molar-refractivity contribution in [2.24, 2.45) is 0 Å². The number of benzene rings is 3. The standard InChI is InChI=1S/C28H25ClN2O4/c1-16-5-9-24(19(4)11-16)31-27(33)22(26(32)30-28(31)34)13-20-8-10-25(23(29)14-20)35-15-21-7-6-17(2)18(3)12-21/h5-14H,15H2,1-4H3,(H,30,32,34)/b22-13+. The number of hydrogen-bond donors (Lipinski definition) is 1. The third-order valence-electron chi connectivity index (χ3n) is 5.93. The van der Waals surface area contributed by atoms with Crippen molar-refractivity contribution in [3.63, 3.8) is 0 Å². The Morgan fingerprint density at radius 2 is 1.66 bits per heavy atom. The van der Waals surface area contributed by atoms with E-state index in [4.69, 9.17) is 16.3 Å². The third-order valence-corrected chi connectivity index (χ3v) is 6.22. The van der Waals surface area contributed by atoms with Gasteiger partial charge >= 0.3 is 6.03 Å². The molecule has 35 heavy (non-hydrogen) atoms. The van der Waals surface area contributed by atoms with Crippen molar-refractivity contribution in [2.45, 2.75) is 34.3 Å². The van der Waals surface area contributed by atoms with E-state index in [0.29, 0.717) is 28.6 Å². The van der Waals surface area contributed by atoms with Gasteiger partial charge in [-0.1, -0.05) is 53.6 Å². The van der Waals surface area contributed by atoms with E-state index in [1.165, 1.54) is 17.2 Å². The predicted octanol–water partition coefficient (Wildman–Crippen LogP) is 5.82. The fourth-order valence-corrected chi connectivity index (χ4v) is 4.12. The molecule has 1 N–H and O–H groups in total. The summed E-state index contributed by atoms with van der Waals surface area (Å²) < 4.78 is 5.86. The highest BCUT2D eigenvalue weighted by Gasteiger charge is 2.37. The average molecular weight is 489 g/mol. The fraction of sp³-hybridized carbons (Fsp3) is 0.179. The van der Waals surface area contributed by atoms with Gasteiger partial charge in [0.25, 0.3) is 11.8 Å². The molecular formula is C28H25ClN2O4. The van der Waals surface area contributed by atoms with Crippen LogP contribution in [0.3, 0.4) is 0 Å². The molecule has 3 aromatic carbocycles. The van der Waals surface area contributed by atoms with Crippen molar-refractivity contribution in [3.05, 3.63) is 98.6 Å². The van der Waals surface area contributed by atoms with Crippen molar-refractivity contribution in [1.82, 2.24) is 5.32 Å². The summed E-state index contributed by atoms with van der Waals surface area (Å²) in [5, 5.41) is 2.59. The molecule has 0 spiro atoms. The lowest BCUT2D eigenvalue weighted by Gasteiger charge is -2.27. The van der Waals surface area contributed by atoms with Crippen LogP contribution in [0.1, 0.15) is 33.4 Å². The number of nitrogens with one attached hydrogen (secondary N) is 1. The Balaban J connectivity index is 1.57. The Morgan fingerprint density at radius 1 is 0.886 bits per heavy atom. The molecule has 0 radical (unpaired) electrons. The van der Waals surface area contributed by atoms with E-state index < -0.39 is 17.8 Å². The zero-order chi connectivity index (χ0) is 25.3. The molecule has 6 nitrogen and oxygen atoms in total. The number of halogens is 1. The Kier molecular flexibility index (Phi) is 6.76. The first kappa shape index (κ1) is 24.2. The van der Waals surface area contributed by atoms with Gasteiger partial charge in [-0.05, 0) is 79.8 Å². The number of hydrogen-bond acceptors (Lipinski definition) is 4. The van der Waals surface area contributed by atoms with Gasteiger partial charge in [0.1, 0.15) is 17.9 Å². The van der Waals surface area contributed by atoms with E-state index in [-0.39, 0.29) is 5.57 Å². The monoisotopic (exact) mass is 488 g/mol. The van der Waals surface area contributed by atoms with Crippen molar-refractivity contribution in [1.29, 1.82) is 0 Å². The summed E-state index contributed by atoms with van der Waals surface area (Å²) in [7, 11) is 0. The average Bonchev–Trinajstić information content (AvgIpc) is 2.79. The Bertz CT molecular complexity index is 1390. The van der Waals surface area contributed by atoms with Crippen LogP contribution in [0.2, 0.25) is 5.02 Å². The molecule has 0 bridgehead atoms. The topological polar surface area (TPSA) is 75.7 Å². The minimum Gasteiger partial charge on any atom is -0.487 e. The predicted molar refractivity (Wildman–Crippen MR) is 137 cm³/mol. The summed E-state index contributed by atoms with van der Waals surface area (Å²) in [4.78, 5) is 39.1. The summed E-state index contributed by atoms with van der Waals surface area (Å²) in [5.41, 5.74) is 5.95. The normalized spacial score (nSPS) is 14.9. The van der Waals surface area contributed by atoms with Gasteiger partial charge in [-0.2, -0.15) is 0 Å². The lowest BCUT2D eigenvalue weighted by Crippen LogP contribution is -2.54. The number of barbiturate groups is 1. The Hall–Kier alpha value is -3.90. The summed E-state index contributed by atoms with van der Waals surface area (Å²) in [6, 6.07) is 15.7. The van der Waals surface area contributed by atoms with Gasteiger partial charge in [0.2, 0.25) is 0 Å². The van der Waals surface area contributed by atoms with E-state index in [2.05, 4.69) is 18.3 Å². The maximum atomic E-state index is 13.2. The molecule has 0 aromatic heterocycles. The van der Waals surface area contributed by atoms with Crippen LogP contribution in [0.4, 0.5) is 10.5 Å². The van der Waals surface area contributed by atoms with Crippen LogP contribution in [0.5, 0.6) is 5.75 Å². The van der Waals surface area contributed by atoms with Crippen LogP contribution in [-0.2, 0) is 16.2 Å². The van der Waals surface area contributed by atoms with Crippen LogP contribution in [0.15, 0.2) is 60.2 Å². The van der Waals surface area contributed by atoms with Crippen LogP contribution < -0.4 is 15.0 Å². The van der Waals surface area contributed by atoms with Crippen LogP contribution in [-0.4, -0.2) is 17.8 Å². The quantitative estimate of drug-likeness (QED) is 0.362. The molecule has 0 atom stereocenters. The lowest BCUT2D eigenvalue weighted by molar-refractivity contribution is -0.122. The van der Waals surface area contributed by atoms with Crippen LogP contribution >= 0.6 is 11.6 Å². The largest absolute Gasteiger partial charge is 0.487 e. The molecule has 4 rings (SSSR count). The molecule has 1 fully saturated rings. The molecule has 1 aliphatic heterocycles. The van der Waals surface area contributed by atoms with Gasteiger partial charge in [-0.15, -0.1) is 0 Å². The SMILES string of the molecule is Cc1ccc(N2C(=O)NC(=O)/C(=C\c3ccc(OCc4ccc(C)c(C)c4)c(Cl)c3)C2=O)c(C)c1. The minimum absolute atomic E-state index is 0.163. The number of nitrogens with zero attached hydrogens (tertiary/aromatic N) is 1. The summed E-state index contributed by atoms with van der Waals surface area (Å²) in [6.07, 6.45) is 1.42. The van der Waals surface area contributed by atoms with Gasteiger partial charge in [0, 0.05) is 0 Å². The highest BCUT2D eigenvalue weighted by molar-refractivity contribution is 6.39. The van der Waals surface area contributed by atoms with Crippen molar-refractivity contribution >= 4 is 41.2 Å². The molecule has 0 saturated carbocycles. The first-order valence-electron chi connectivity index (χ1n) is 11.1. The highest BCUT2D eigenvalue weighted by atomic mass is 35.5. The summed E-state index contributed by atoms with van der Waals surface area (Å²) >= 11 is 6.42. The number of anilines is 1. The number of urea groups is 1. The second-order valence-electron chi connectivity index (χ2n) is 8.64. The summed E-state index contributed by atoms with van der Waals surface area (Å²) in [5.74, 6) is -0.970. The van der Waals surface area contributed by atoms with Gasteiger partial charge in [0.05, 0.1) is 10.7 Å². The molecule has 1 aliphatic rings. The van der Waals surface area contributed by atoms with Crippen molar-refractivity contribution < 1.29 is 19.1 Å². The van der Waals surface area contributed by atoms with Crippen molar-refractivity contribution in [2.75, 3.05) is 4.90 Å². The van der Waals surface area contributed by atoms with Gasteiger partial charge in [-0.25, -0.2) is 9.69 Å². The number of carbonyl (C=O) groups excluding carboxylic acids is 3. The first-order chi connectivity index (χ1) is 16.6. The van der Waals surface area contributed by atoms with E-state index in [9.17, 15) is 14.4 Å². The third kappa shape index (κ3) is 5.12. The summed E-state index contributed by atoms with van der Waals surface area (Å²) in [6.45, 7) is 8.18. The molecule has 1 saturated heterocycles. The first-order valence-corrected chi connectivity index (χ1v) is 11.5. The second kappa shape index (κ2) is 9.76. The maximum absolute atomic E-state index is 13.2. The molecule has 0 unspecified atom stereocenters. The van der Waals surface area contributed by atoms with Gasteiger partial charge in [-0.3, -0.25) is 14.9 Å². The van der Waals surface area contributed by atoms with Gasteiger partial charge < -0.3 is 4.74 Å². The van der Waals surface area contributed by atoms with E-state index in [0.717, 1.165) is 21.6 Å². The number of ether oxygens (including phenoxy) is 1. The van der Waals surface area contributed by atoms with E-state index in [1.807, 2.05) is 32.0 Å². The number of rotatable bonds is 5. The van der Waals surface area contributed by atoms with Crippen LogP contribution in [0, 0.1) is 27.7 Å². The minimum atomic E-state index is -0.780. The maximum Gasteiger partial charge on any atom is 0.335 e. The molecular weight excluding hydrogens is 464 g/mol. The molecule has 1 heterocycles. The number of aryl methyl sites for hydroxylation is 4. The highest BCUT2D eigenvalue weighted by Crippen LogP contribution is 2.29. The Labute approximate surface area is 209 Å².